The van der Waals surface area contributed by atoms with Crippen molar-refractivity contribution in [3.63, 3.8) is 0 Å². The lowest BCUT2D eigenvalue weighted by Gasteiger charge is -2.10. The summed E-state index contributed by atoms with van der Waals surface area (Å²) in [5.74, 6) is 4.50. The van der Waals surface area contributed by atoms with Crippen LogP contribution in [0.15, 0.2) is 40.9 Å². The number of benzene rings is 2. The Balaban J connectivity index is 2.07. The molecular weight excluding hydrogens is 382 g/mol. The third-order valence-corrected chi connectivity index (χ3v) is 5.36. The van der Waals surface area contributed by atoms with Crippen molar-refractivity contribution in [2.75, 3.05) is 7.11 Å². The molecule has 2 N–H and O–H groups in total. The van der Waals surface area contributed by atoms with Crippen LogP contribution in [0.3, 0.4) is 0 Å². The lowest BCUT2D eigenvalue weighted by Crippen LogP contribution is -2.16. The number of hydrogen-bond donors (Lipinski definition) is 2. The zero-order chi connectivity index (χ0) is 21.2. The fraction of sp³-hybridized carbons (Fsp3) is 0.261. The maximum Gasteiger partial charge on any atom is 0.142 e. The maximum atomic E-state index is 10.5. The van der Waals surface area contributed by atoms with E-state index in [1.165, 1.54) is 6.07 Å². The molecule has 6 heteroatoms. The summed E-state index contributed by atoms with van der Waals surface area (Å²) in [6.07, 6.45) is 0.401. The van der Waals surface area contributed by atoms with Gasteiger partial charge in [-0.2, -0.15) is 0 Å². The first-order valence-corrected chi connectivity index (χ1v) is 12.9. The van der Waals surface area contributed by atoms with Crippen LogP contribution in [0.2, 0.25) is 19.6 Å². The van der Waals surface area contributed by atoms with Gasteiger partial charge in [0.05, 0.1) is 12.7 Å². The SMILES string of the molecule is COc1ccc(-c2c(-c3cc(CC#C[Si](C)(C)C)c(O)cc3O)noc2C)cc1. The summed E-state index contributed by atoms with van der Waals surface area (Å²) in [4.78, 5) is 0. The molecule has 0 unspecified atom stereocenters. The van der Waals surface area contributed by atoms with Crippen LogP contribution in [0.5, 0.6) is 17.2 Å². The predicted octanol–water partition coefficient (Wildman–Crippen LogP) is 5.16. The van der Waals surface area contributed by atoms with E-state index in [1.807, 2.05) is 31.2 Å². The van der Waals surface area contributed by atoms with Gasteiger partial charge in [0.2, 0.25) is 0 Å². The van der Waals surface area contributed by atoms with E-state index < -0.39 is 8.07 Å². The molecule has 5 nitrogen and oxygen atoms in total. The minimum Gasteiger partial charge on any atom is -0.507 e. The van der Waals surface area contributed by atoms with Crippen molar-refractivity contribution in [1.82, 2.24) is 5.16 Å². The molecule has 150 valence electrons. The van der Waals surface area contributed by atoms with Crippen LogP contribution in [-0.4, -0.2) is 30.6 Å². The van der Waals surface area contributed by atoms with Crippen LogP contribution in [0.25, 0.3) is 22.4 Å². The number of phenolic OH excluding ortho intramolecular Hbond substituents is 2. The molecule has 1 heterocycles. The standard InChI is InChI=1S/C23H25NO4Si/c1-15-22(16-8-10-18(27-2)11-9-16)23(24-28-15)19-13-17(20(25)14-21(19)26)7-6-12-29(3,4)5/h8-11,13-14,25-26H,7H2,1-5H3. The van der Waals surface area contributed by atoms with Crippen molar-refractivity contribution in [3.8, 4) is 51.1 Å². The number of ether oxygens (including phenoxy) is 1. The molecule has 0 radical (unpaired) electrons. The third kappa shape index (κ3) is 4.64. The van der Waals surface area contributed by atoms with Gasteiger partial charge < -0.3 is 19.5 Å². The Morgan fingerprint density at radius 3 is 2.38 bits per heavy atom. The van der Waals surface area contributed by atoms with Crippen molar-refractivity contribution in [3.05, 3.63) is 47.7 Å². The van der Waals surface area contributed by atoms with Crippen LogP contribution >= 0.6 is 0 Å². The van der Waals surface area contributed by atoms with E-state index in [9.17, 15) is 10.2 Å². The highest BCUT2D eigenvalue weighted by atomic mass is 28.3. The Bertz CT molecular complexity index is 1080. The summed E-state index contributed by atoms with van der Waals surface area (Å²) in [6.45, 7) is 8.33. The second-order valence-corrected chi connectivity index (χ2v) is 12.7. The Hall–Kier alpha value is -3.17. The van der Waals surface area contributed by atoms with Gasteiger partial charge >= 0.3 is 0 Å². The van der Waals surface area contributed by atoms with Crippen molar-refractivity contribution in [2.24, 2.45) is 0 Å². The number of aromatic nitrogens is 1. The van der Waals surface area contributed by atoms with Crippen LogP contribution in [-0.2, 0) is 6.42 Å². The Labute approximate surface area is 172 Å². The Morgan fingerprint density at radius 1 is 1.07 bits per heavy atom. The van der Waals surface area contributed by atoms with Gasteiger partial charge in [-0.3, -0.25) is 0 Å². The minimum absolute atomic E-state index is 0.0161. The average molecular weight is 408 g/mol. The Kier molecular flexibility index (Phi) is 5.71. The van der Waals surface area contributed by atoms with Gasteiger partial charge in [0.25, 0.3) is 0 Å². The van der Waals surface area contributed by atoms with Crippen LogP contribution < -0.4 is 4.74 Å². The van der Waals surface area contributed by atoms with E-state index in [2.05, 4.69) is 36.3 Å². The smallest absolute Gasteiger partial charge is 0.142 e. The molecule has 3 rings (SSSR count). The number of hydrogen-bond acceptors (Lipinski definition) is 5. The fourth-order valence-electron chi connectivity index (χ4n) is 3.01. The highest BCUT2D eigenvalue weighted by Crippen LogP contribution is 2.41. The summed E-state index contributed by atoms with van der Waals surface area (Å²) in [5.41, 5.74) is 6.63. The molecule has 0 aliphatic carbocycles. The van der Waals surface area contributed by atoms with Gasteiger partial charge in [0.1, 0.15) is 36.8 Å². The molecule has 0 fully saturated rings. The van der Waals surface area contributed by atoms with Crippen molar-refractivity contribution >= 4 is 8.07 Å². The summed E-state index contributed by atoms with van der Waals surface area (Å²) in [5, 5.41) is 24.9. The van der Waals surface area contributed by atoms with Gasteiger partial charge in [-0.25, -0.2) is 0 Å². The van der Waals surface area contributed by atoms with E-state index in [0.717, 1.165) is 16.9 Å². The summed E-state index contributed by atoms with van der Waals surface area (Å²) in [6, 6.07) is 10.6. The molecule has 0 bridgehead atoms. The van der Waals surface area contributed by atoms with Crippen molar-refractivity contribution in [2.45, 2.75) is 33.0 Å². The molecule has 0 saturated carbocycles. The zero-order valence-electron chi connectivity index (χ0n) is 17.3. The average Bonchev–Trinajstić information content (AvgIpc) is 3.04. The number of aromatic hydroxyl groups is 2. The summed E-state index contributed by atoms with van der Waals surface area (Å²) in [7, 11) is 0.113. The molecule has 0 atom stereocenters. The lowest BCUT2D eigenvalue weighted by molar-refractivity contribution is 0.399. The van der Waals surface area contributed by atoms with Gasteiger partial charge in [-0.05, 0) is 30.7 Å². The maximum absolute atomic E-state index is 10.5. The van der Waals surface area contributed by atoms with E-state index in [0.29, 0.717) is 29.0 Å². The summed E-state index contributed by atoms with van der Waals surface area (Å²) < 4.78 is 10.7. The van der Waals surface area contributed by atoms with Gasteiger partial charge in [0.15, 0.2) is 0 Å². The van der Waals surface area contributed by atoms with Crippen molar-refractivity contribution in [1.29, 1.82) is 0 Å². The Morgan fingerprint density at radius 2 is 1.76 bits per heavy atom. The third-order valence-electron chi connectivity index (χ3n) is 4.44. The molecule has 29 heavy (non-hydrogen) atoms. The first-order chi connectivity index (χ1) is 13.7. The van der Waals surface area contributed by atoms with E-state index in [4.69, 9.17) is 9.26 Å². The van der Waals surface area contributed by atoms with Gasteiger partial charge in [0, 0.05) is 23.6 Å². The topological polar surface area (TPSA) is 75.7 Å². The molecule has 0 saturated heterocycles. The molecule has 0 amide bonds. The minimum atomic E-state index is -1.50. The highest BCUT2D eigenvalue weighted by Gasteiger charge is 2.21. The normalized spacial score (nSPS) is 11.1. The molecule has 2 aromatic carbocycles. The quantitative estimate of drug-likeness (QED) is 0.461. The molecule has 3 aromatic rings. The number of methoxy groups -OCH3 is 1. The fourth-order valence-corrected chi connectivity index (χ4v) is 3.63. The molecule has 0 aliphatic rings. The van der Waals surface area contributed by atoms with Crippen LogP contribution in [0.4, 0.5) is 0 Å². The first kappa shape index (κ1) is 20.6. The lowest BCUT2D eigenvalue weighted by atomic mass is 9.96. The molecule has 0 spiro atoms. The van der Waals surface area contributed by atoms with E-state index >= 15 is 0 Å². The highest BCUT2D eigenvalue weighted by molar-refractivity contribution is 6.83. The number of rotatable bonds is 4. The van der Waals surface area contributed by atoms with Crippen molar-refractivity contribution < 1.29 is 19.5 Å². The number of phenols is 2. The molecule has 0 aliphatic heterocycles. The molecule has 1 aromatic heterocycles. The zero-order valence-corrected chi connectivity index (χ0v) is 18.3. The summed E-state index contributed by atoms with van der Waals surface area (Å²) >= 11 is 0. The van der Waals surface area contributed by atoms with Gasteiger partial charge in [-0.1, -0.05) is 36.9 Å². The monoisotopic (exact) mass is 407 g/mol. The van der Waals surface area contributed by atoms with E-state index in [-0.39, 0.29) is 11.5 Å². The number of aryl methyl sites for hydroxylation is 1. The molecular formula is C23H25NO4Si. The second-order valence-electron chi connectivity index (χ2n) is 7.92. The second kappa shape index (κ2) is 8.06. The van der Waals surface area contributed by atoms with E-state index in [1.54, 1.807) is 13.2 Å². The van der Waals surface area contributed by atoms with Crippen LogP contribution in [0.1, 0.15) is 11.3 Å². The predicted molar refractivity (Wildman–Crippen MR) is 117 cm³/mol. The largest absolute Gasteiger partial charge is 0.507 e. The van der Waals surface area contributed by atoms with Crippen LogP contribution in [0, 0.1) is 18.4 Å². The number of nitrogens with zero attached hydrogens (tertiary/aromatic N) is 1. The first-order valence-electron chi connectivity index (χ1n) is 9.35. The van der Waals surface area contributed by atoms with Gasteiger partial charge in [-0.15, -0.1) is 11.5 Å².